The van der Waals surface area contributed by atoms with Crippen LogP contribution in [0.1, 0.15) is 32.3 Å². The third-order valence-electron chi connectivity index (χ3n) is 4.22. The zero-order valence-corrected chi connectivity index (χ0v) is 15.9. The van der Waals surface area contributed by atoms with Gasteiger partial charge in [-0.3, -0.25) is 9.59 Å². The zero-order chi connectivity index (χ0) is 19.9. The van der Waals surface area contributed by atoms with Crippen molar-refractivity contribution in [2.24, 2.45) is 0 Å². The zero-order valence-electron chi connectivity index (χ0n) is 15.9. The topological polar surface area (TPSA) is 88.9 Å². The third-order valence-corrected chi connectivity index (χ3v) is 4.22. The summed E-state index contributed by atoms with van der Waals surface area (Å²) in [5, 5.41) is 4.34. The van der Waals surface area contributed by atoms with Gasteiger partial charge in [0.1, 0.15) is 12.7 Å². The molecule has 3 unspecified atom stereocenters. The Hall–Kier alpha value is -2.71. The number of aromatic nitrogens is 2. The van der Waals surface area contributed by atoms with Gasteiger partial charge in [-0.1, -0.05) is 18.2 Å². The molecule has 0 saturated carbocycles. The van der Waals surface area contributed by atoms with Crippen LogP contribution in [0.3, 0.4) is 0 Å². The molecule has 28 heavy (non-hydrogen) atoms. The van der Waals surface area contributed by atoms with Crippen LogP contribution in [0, 0.1) is 0 Å². The highest BCUT2D eigenvalue weighted by atomic mass is 16.7. The highest BCUT2D eigenvalue weighted by molar-refractivity contribution is 5.66. The fraction of sp³-hybridized carbons (Fsp3) is 0.450. The highest BCUT2D eigenvalue weighted by Crippen LogP contribution is 2.24. The molecule has 1 aliphatic rings. The number of carbonyl (C=O) groups excluding carboxylic acids is 2. The smallest absolute Gasteiger partial charge is 0.302 e. The van der Waals surface area contributed by atoms with Crippen LogP contribution >= 0.6 is 0 Å². The first-order valence-electron chi connectivity index (χ1n) is 9.16. The summed E-state index contributed by atoms with van der Waals surface area (Å²) in [6, 6.07) is 9.77. The number of ether oxygens (including phenoxy) is 4. The van der Waals surface area contributed by atoms with Crippen molar-refractivity contribution in [3.8, 4) is 5.69 Å². The first-order chi connectivity index (χ1) is 13.5. The van der Waals surface area contributed by atoms with E-state index in [4.69, 9.17) is 18.9 Å². The van der Waals surface area contributed by atoms with Crippen molar-refractivity contribution in [1.29, 1.82) is 0 Å². The summed E-state index contributed by atoms with van der Waals surface area (Å²) in [5.74, 6) is -0.745. The van der Waals surface area contributed by atoms with E-state index in [1.165, 1.54) is 13.8 Å². The lowest BCUT2D eigenvalue weighted by atomic mass is 10.1. The average Bonchev–Trinajstić information content (AvgIpc) is 3.14. The Kier molecular flexibility index (Phi) is 6.78. The number of para-hydroxylation sites is 1. The van der Waals surface area contributed by atoms with Crippen molar-refractivity contribution in [1.82, 2.24) is 9.78 Å². The Labute approximate surface area is 163 Å². The Bertz CT molecular complexity index is 791. The number of carbonyl (C=O) groups is 2. The van der Waals surface area contributed by atoms with Gasteiger partial charge >= 0.3 is 11.9 Å². The van der Waals surface area contributed by atoms with Crippen LogP contribution in [0.4, 0.5) is 0 Å². The summed E-state index contributed by atoms with van der Waals surface area (Å²) < 4.78 is 23.8. The minimum absolute atomic E-state index is 0.0961. The second-order valence-corrected chi connectivity index (χ2v) is 6.63. The predicted molar refractivity (Wildman–Crippen MR) is 98.4 cm³/mol. The summed E-state index contributed by atoms with van der Waals surface area (Å²) >= 11 is 0. The quantitative estimate of drug-likeness (QED) is 0.673. The number of esters is 2. The van der Waals surface area contributed by atoms with Gasteiger partial charge in [0, 0.05) is 38.4 Å². The SMILES string of the molecule is CC(=O)OCC1CC(OC(C)=O)CC(OCc2cnn(-c3ccccc3)c2)O1. The van der Waals surface area contributed by atoms with Crippen LogP contribution in [0.2, 0.25) is 0 Å². The van der Waals surface area contributed by atoms with E-state index in [2.05, 4.69) is 5.10 Å². The molecule has 0 radical (unpaired) electrons. The van der Waals surface area contributed by atoms with Crippen molar-refractivity contribution in [3.63, 3.8) is 0 Å². The Morgan fingerprint density at radius 3 is 2.68 bits per heavy atom. The normalized spacial score (nSPS) is 21.9. The van der Waals surface area contributed by atoms with Gasteiger partial charge in [-0.05, 0) is 12.1 Å². The minimum Gasteiger partial charge on any atom is -0.463 e. The van der Waals surface area contributed by atoms with E-state index in [1.807, 2.05) is 36.5 Å². The van der Waals surface area contributed by atoms with E-state index in [0.717, 1.165) is 11.3 Å². The second kappa shape index (κ2) is 9.48. The van der Waals surface area contributed by atoms with Crippen molar-refractivity contribution >= 4 is 11.9 Å². The van der Waals surface area contributed by atoms with Gasteiger partial charge in [-0.25, -0.2) is 4.68 Å². The maximum atomic E-state index is 11.3. The summed E-state index contributed by atoms with van der Waals surface area (Å²) in [7, 11) is 0. The molecule has 150 valence electrons. The summed E-state index contributed by atoms with van der Waals surface area (Å²) in [6.45, 7) is 3.10. The van der Waals surface area contributed by atoms with Gasteiger partial charge in [0.15, 0.2) is 6.29 Å². The second-order valence-electron chi connectivity index (χ2n) is 6.63. The molecule has 1 fully saturated rings. The molecule has 0 bridgehead atoms. The Balaban J connectivity index is 1.57. The molecular weight excluding hydrogens is 364 g/mol. The summed E-state index contributed by atoms with van der Waals surface area (Å²) in [6.07, 6.45) is 3.19. The Morgan fingerprint density at radius 1 is 1.18 bits per heavy atom. The minimum atomic E-state index is -0.571. The number of rotatable bonds is 7. The maximum absolute atomic E-state index is 11.3. The van der Waals surface area contributed by atoms with Crippen LogP contribution < -0.4 is 0 Å². The largest absolute Gasteiger partial charge is 0.463 e. The van der Waals surface area contributed by atoms with Gasteiger partial charge in [0.05, 0.1) is 24.6 Å². The molecule has 2 heterocycles. The number of hydrogen-bond acceptors (Lipinski definition) is 7. The first kappa shape index (κ1) is 20.0. The molecule has 1 aliphatic heterocycles. The molecule has 8 nitrogen and oxygen atoms in total. The number of benzene rings is 1. The van der Waals surface area contributed by atoms with Gasteiger partial charge in [0.2, 0.25) is 0 Å². The van der Waals surface area contributed by atoms with E-state index >= 15 is 0 Å². The number of hydrogen-bond donors (Lipinski definition) is 0. The lowest BCUT2D eigenvalue weighted by Gasteiger charge is -2.34. The van der Waals surface area contributed by atoms with Crippen LogP contribution in [0.25, 0.3) is 5.69 Å². The van der Waals surface area contributed by atoms with E-state index in [0.29, 0.717) is 19.4 Å². The van der Waals surface area contributed by atoms with Crippen LogP contribution in [0.15, 0.2) is 42.7 Å². The van der Waals surface area contributed by atoms with Crippen LogP contribution in [-0.2, 0) is 35.1 Å². The Morgan fingerprint density at radius 2 is 1.96 bits per heavy atom. The molecule has 2 aromatic rings. The molecule has 8 heteroatoms. The summed E-state index contributed by atoms with van der Waals surface area (Å²) in [4.78, 5) is 22.4. The van der Waals surface area contributed by atoms with Crippen molar-refractivity contribution in [3.05, 3.63) is 48.3 Å². The van der Waals surface area contributed by atoms with Gasteiger partial charge < -0.3 is 18.9 Å². The number of nitrogens with zero attached hydrogens (tertiary/aromatic N) is 2. The fourth-order valence-electron chi connectivity index (χ4n) is 3.03. The molecule has 3 atom stereocenters. The standard InChI is InChI=1S/C20H24N2O6/c1-14(23)25-13-19-8-18(27-15(2)24)9-20(28-19)26-12-16-10-21-22(11-16)17-6-4-3-5-7-17/h3-7,10-11,18-20H,8-9,12-13H2,1-2H3. The molecule has 1 saturated heterocycles. The van der Waals surface area contributed by atoms with E-state index in [9.17, 15) is 9.59 Å². The lowest BCUT2D eigenvalue weighted by molar-refractivity contribution is -0.233. The van der Waals surface area contributed by atoms with E-state index in [-0.39, 0.29) is 30.8 Å². The molecule has 0 amide bonds. The molecule has 1 aromatic carbocycles. The molecule has 0 N–H and O–H groups in total. The van der Waals surface area contributed by atoms with Crippen LogP contribution in [0.5, 0.6) is 0 Å². The average molecular weight is 388 g/mol. The molecular formula is C20H24N2O6. The van der Waals surface area contributed by atoms with Crippen molar-refractivity contribution in [2.45, 2.75) is 51.8 Å². The first-order valence-corrected chi connectivity index (χ1v) is 9.16. The molecule has 0 aliphatic carbocycles. The monoisotopic (exact) mass is 388 g/mol. The predicted octanol–water partition coefficient (Wildman–Crippen LogP) is 2.39. The fourth-order valence-corrected chi connectivity index (χ4v) is 3.03. The van der Waals surface area contributed by atoms with Gasteiger partial charge in [-0.2, -0.15) is 5.10 Å². The highest BCUT2D eigenvalue weighted by Gasteiger charge is 2.32. The van der Waals surface area contributed by atoms with E-state index < -0.39 is 6.29 Å². The van der Waals surface area contributed by atoms with Crippen LogP contribution in [-0.4, -0.2) is 46.8 Å². The van der Waals surface area contributed by atoms with Gasteiger partial charge in [0.25, 0.3) is 0 Å². The molecule has 3 rings (SSSR count). The molecule has 0 spiro atoms. The third kappa shape index (κ3) is 5.90. The van der Waals surface area contributed by atoms with E-state index in [1.54, 1.807) is 10.9 Å². The van der Waals surface area contributed by atoms with Crippen molar-refractivity contribution in [2.75, 3.05) is 6.61 Å². The maximum Gasteiger partial charge on any atom is 0.302 e. The molecule has 1 aromatic heterocycles. The summed E-state index contributed by atoms with van der Waals surface area (Å²) in [5.41, 5.74) is 1.85. The van der Waals surface area contributed by atoms with Gasteiger partial charge in [-0.15, -0.1) is 0 Å². The van der Waals surface area contributed by atoms with Crippen molar-refractivity contribution < 1.29 is 28.5 Å². The lowest BCUT2D eigenvalue weighted by Crippen LogP contribution is -2.41.